The molecule has 1 amide bonds. The Bertz CT molecular complexity index is 283. The van der Waals surface area contributed by atoms with Crippen LogP contribution in [0.1, 0.15) is 40.0 Å². The minimum absolute atomic E-state index is 0.119. The number of amides is 1. The molecule has 0 aliphatic rings. The van der Waals surface area contributed by atoms with Crippen molar-refractivity contribution in [1.29, 1.82) is 5.26 Å². The standard InChI is InChI=1S/C14H27N3O/c1-12(2)11-13(3)16(4)10-7-14(18)17(5)9-6-8-15/h12-13H,6-7,9-11H2,1-5H3. The van der Waals surface area contributed by atoms with Gasteiger partial charge in [-0.05, 0) is 26.3 Å². The molecule has 18 heavy (non-hydrogen) atoms. The number of nitriles is 1. The summed E-state index contributed by atoms with van der Waals surface area (Å²) >= 11 is 0. The normalized spacial score (nSPS) is 12.6. The average molecular weight is 253 g/mol. The molecule has 0 aliphatic carbocycles. The minimum atomic E-state index is 0.119. The fourth-order valence-electron chi connectivity index (χ4n) is 1.89. The lowest BCUT2D eigenvalue weighted by molar-refractivity contribution is -0.130. The summed E-state index contributed by atoms with van der Waals surface area (Å²) in [6.07, 6.45) is 2.08. The van der Waals surface area contributed by atoms with Crippen LogP contribution in [0.4, 0.5) is 0 Å². The van der Waals surface area contributed by atoms with E-state index in [2.05, 4.69) is 38.8 Å². The summed E-state index contributed by atoms with van der Waals surface area (Å²) in [6.45, 7) is 7.93. The highest BCUT2D eigenvalue weighted by atomic mass is 16.2. The summed E-state index contributed by atoms with van der Waals surface area (Å²) < 4.78 is 0. The van der Waals surface area contributed by atoms with Gasteiger partial charge < -0.3 is 9.80 Å². The molecule has 0 fully saturated rings. The van der Waals surface area contributed by atoms with Gasteiger partial charge in [-0.2, -0.15) is 5.26 Å². The van der Waals surface area contributed by atoms with Gasteiger partial charge in [0.2, 0.25) is 5.91 Å². The second-order valence-electron chi connectivity index (χ2n) is 5.43. The lowest BCUT2D eigenvalue weighted by Crippen LogP contribution is -2.35. The van der Waals surface area contributed by atoms with Crippen molar-refractivity contribution < 1.29 is 4.79 Å². The number of rotatable bonds is 8. The van der Waals surface area contributed by atoms with Gasteiger partial charge in [-0.1, -0.05) is 13.8 Å². The summed E-state index contributed by atoms with van der Waals surface area (Å²) in [5.41, 5.74) is 0. The zero-order chi connectivity index (χ0) is 14.1. The van der Waals surface area contributed by atoms with Gasteiger partial charge in [0.15, 0.2) is 0 Å². The maximum atomic E-state index is 11.8. The van der Waals surface area contributed by atoms with Gasteiger partial charge in [-0.15, -0.1) is 0 Å². The van der Waals surface area contributed by atoms with Crippen LogP contribution in [-0.2, 0) is 4.79 Å². The fourth-order valence-corrected chi connectivity index (χ4v) is 1.89. The number of hydrogen-bond acceptors (Lipinski definition) is 3. The first-order valence-corrected chi connectivity index (χ1v) is 6.69. The van der Waals surface area contributed by atoms with Crippen LogP contribution in [0.5, 0.6) is 0 Å². The second kappa shape index (κ2) is 8.93. The van der Waals surface area contributed by atoms with Crippen LogP contribution in [0.15, 0.2) is 0 Å². The van der Waals surface area contributed by atoms with Crippen molar-refractivity contribution in [3.63, 3.8) is 0 Å². The molecule has 0 rings (SSSR count). The maximum absolute atomic E-state index is 11.8. The first-order chi connectivity index (χ1) is 8.38. The van der Waals surface area contributed by atoms with Crippen molar-refractivity contribution in [3.8, 4) is 6.07 Å². The Balaban J connectivity index is 3.94. The molecule has 0 aromatic heterocycles. The highest BCUT2D eigenvalue weighted by Gasteiger charge is 2.14. The molecular formula is C14H27N3O. The molecule has 0 saturated heterocycles. The van der Waals surface area contributed by atoms with E-state index in [9.17, 15) is 4.79 Å². The van der Waals surface area contributed by atoms with E-state index >= 15 is 0 Å². The molecule has 4 heteroatoms. The van der Waals surface area contributed by atoms with Crippen molar-refractivity contribution in [3.05, 3.63) is 0 Å². The smallest absolute Gasteiger partial charge is 0.223 e. The van der Waals surface area contributed by atoms with Gasteiger partial charge in [0.25, 0.3) is 0 Å². The summed E-state index contributed by atoms with van der Waals surface area (Å²) in [5.74, 6) is 0.797. The molecule has 0 aromatic rings. The van der Waals surface area contributed by atoms with E-state index in [1.807, 2.05) is 0 Å². The minimum Gasteiger partial charge on any atom is -0.345 e. The van der Waals surface area contributed by atoms with Gasteiger partial charge in [-0.3, -0.25) is 4.79 Å². The first-order valence-electron chi connectivity index (χ1n) is 6.69. The Labute approximate surface area is 112 Å². The Morgan fingerprint density at radius 2 is 1.83 bits per heavy atom. The number of carbonyl (C=O) groups excluding carboxylic acids is 1. The van der Waals surface area contributed by atoms with E-state index in [1.54, 1.807) is 11.9 Å². The molecule has 0 saturated carbocycles. The first kappa shape index (κ1) is 16.9. The Morgan fingerprint density at radius 1 is 1.22 bits per heavy atom. The molecule has 0 radical (unpaired) electrons. The van der Waals surface area contributed by atoms with Crippen LogP contribution in [0, 0.1) is 17.2 Å². The van der Waals surface area contributed by atoms with Gasteiger partial charge in [0, 0.05) is 32.6 Å². The predicted molar refractivity (Wildman–Crippen MR) is 74.0 cm³/mol. The third-order valence-corrected chi connectivity index (χ3v) is 3.23. The largest absolute Gasteiger partial charge is 0.345 e. The van der Waals surface area contributed by atoms with Gasteiger partial charge in [0.1, 0.15) is 0 Å². The van der Waals surface area contributed by atoms with E-state index in [4.69, 9.17) is 5.26 Å². The van der Waals surface area contributed by atoms with Crippen LogP contribution in [0.25, 0.3) is 0 Å². The molecule has 104 valence electrons. The predicted octanol–water partition coefficient (Wildman–Crippen LogP) is 2.11. The van der Waals surface area contributed by atoms with E-state index < -0.39 is 0 Å². The monoisotopic (exact) mass is 253 g/mol. The van der Waals surface area contributed by atoms with E-state index in [1.165, 1.54) is 0 Å². The van der Waals surface area contributed by atoms with Crippen LogP contribution in [0.2, 0.25) is 0 Å². The van der Waals surface area contributed by atoms with Crippen LogP contribution < -0.4 is 0 Å². The maximum Gasteiger partial charge on any atom is 0.223 e. The third kappa shape index (κ3) is 7.29. The molecule has 0 heterocycles. The number of hydrogen-bond donors (Lipinski definition) is 0. The molecule has 0 aromatic carbocycles. The second-order valence-corrected chi connectivity index (χ2v) is 5.43. The molecule has 4 nitrogen and oxygen atoms in total. The molecule has 0 bridgehead atoms. The molecular weight excluding hydrogens is 226 g/mol. The zero-order valence-electron chi connectivity index (χ0n) is 12.4. The highest BCUT2D eigenvalue weighted by Crippen LogP contribution is 2.10. The SMILES string of the molecule is CC(C)CC(C)N(C)CCC(=O)N(C)CCC#N. The lowest BCUT2D eigenvalue weighted by atomic mass is 10.0. The topological polar surface area (TPSA) is 47.3 Å². The van der Waals surface area contributed by atoms with Crippen LogP contribution in [-0.4, -0.2) is 48.9 Å². The number of carbonyl (C=O) groups is 1. The van der Waals surface area contributed by atoms with Gasteiger partial charge in [-0.25, -0.2) is 0 Å². The molecule has 1 unspecified atom stereocenters. The van der Waals surface area contributed by atoms with E-state index in [0.29, 0.717) is 31.3 Å². The van der Waals surface area contributed by atoms with Crippen molar-refractivity contribution in [2.45, 2.75) is 46.1 Å². The average Bonchev–Trinajstić information content (AvgIpc) is 2.31. The van der Waals surface area contributed by atoms with Crippen molar-refractivity contribution >= 4 is 5.91 Å². The van der Waals surface area contributed by atoms with Crippen LogP contribution in [0.3, 0.4) is 0 Å². The van der Waals surface area contributed by atoms with E-state index in [0.717, 1.165) is 13.0 Å². The van der Waals surface area contributed by atoms with Crippen LogP contribution >= 0.6 is 0 Å². The van der Waals surface area contributed by atoms with Crippen molar-refractivity contribution in [2.24, 2.45) is 5.92 Å². The third-order valence-electron chi connectivity index (χ3n) is 3.23. The molecule has 0 aliphatic heterocycles. The summed E-state index contributed by atoms with van der Waals surface area (Å²) in [6, 6.07) is 2.56. The Kier molecular flexibility index (Phi) is 8.40. The molecule has 1 atom stereocenters. The van der Waals surface area contributed by atoms with Gasteiger partial charge >= 0.3 is 0 Å². The molecule has 0 N–H and O–H groups in total. The lowest BCUT2D eigenvalue weighted by Gasteiger charge is -2.26. The summed E-state index contributed by atoms with van der Waals surface area (Å²) in [4.78, 5) is 15.7. The van der Waals surface area contributed by atoms with Gasteiger partial charge in [0.05, 0.1) is 12.5 Å². The van der Waals surface area contributed by atoms with Crippen molar-refractivity contribution in [2.75, 3.05) is 27.2 Å². The number of nitrogens with zero attached hydrogens (tertiary/aromatic N) is 3. The quantitative estimate of drug-likeness (QED) is 0.665. The highest BCUT2D eigenvalue weighted by molar-refractivity contribution is 5.76. The Hall–Kier alpha value is -1.08. The Morgan fingerprint density at radius 3 is 2.33 bits per heavy atom. The summed E-state index contributed by atoms with van der Waals surface area (Å²) in [7, 11) is 3.83. The summed E-state index contributed by atoms with van der Waals surface area (Å²) in [5, 5.41) is 8.48. The zero-order valence-corrected chi connectivity index (χ0v) is 12.4. The van der Waals surface area contributed by atoms with E-state index in [-0.39, 0.29) is 5.91 Å². The van der Waals surface area contributed by atoms with Crippen molar-refractivity contribution in [1.82, 2.24) is 9.80 Å². The fraction of sp³-hybridized carbons (Fsp3) is 0.857. The molecule has 0 spiro atoms.